The molecule has 1 N–H and O–H groups in total. The number of rotatable bonds is 6. The van der Waals surface area contributed by atoms with Crippen molar-refractivity contribution in [3.05, 3.63) is 84.7 Å². The number of ether oxygens (including phenoxy) is 1. The van der Waals surface area contributed by atoms with Gasteiger partial charge in [0.25, 0.3) is 5.91 Å². The normalized spacial score (nSPS) is 11.0. The minimum Gasteiger partial charge on any atom is -0.484 e. The van der Waals surface area contributed by atoms with E-state index in [9.17, 15) is 4.79 Å². The first-order valence-corrected chi connectivity index (χ1v) is 8.25. The molecule has 0 saturated carbocycles. The molecule has 0 saturated heterocycles. The molecule has 0 radical (unpaired) electrons. The van der Waals surface area contributed by atoms with Crippen LogP contribution in [0.4, 0.5) is 0 Å². The van der Waals surface area contributed by atoms with Gasteiger partial charge in [0.05, 0.1) is 11.4 Å². The van der Waals surface area contributed by atoms with Crippen LogP contribution in [0.2, 0.25) is 0 Å². The fourth-order valence-corrected chi connectivity index (χ4v) is 2.34. The molecular weight excluding hydrogens is 326 g/mol. The van der Waals surface area contributed by atoms with E-state index >= 15 is 0 Å². The lowest BCUT2D eigenvalue weighted by atomic mass is 10.1. The molecular formula is C21H19N3O2. The topological polar surface area (TPSA) is 63.6 Å². The number of carbonyl (C=O) groups is 1. The molecule has 0 atom stereocenters. The summed E-state index contributed by atoms with van der Waals surface area (Å²) in [5, 5.41) is 4.04. The fraction of sp³-hybridized carbons (Fsp3) is 0.0952. The van der Waals surface area contributed by atoms with Crippen molar-refractivity contribution in [1.29, 1.82) is 0 Å². The minimum atomic E-state index is -0.326. The van der Waals surface area contributed by atoms with Gasteiger partial charge in [-0.15, -0.1) is 0 Å². The summed E-state index contributed by atoms with van der Waals surface area (Å²) < 4.78 is 5.50. The van der Waals surface area contributed by atoms with Crippen LogP contribution in [0.25, 0.3) is 11.1 Å². The lowest BCUT2D eigenvalue weighted by molar-refractivity contribution is -0.123. The first-order chi connectivity index (χ1) is 12.7. The molecule has 1 heterocycles. The van der Waals surface area contributed by atoms with Gasteiger partial charge in [-0.3, -0.25) is 9.78 Å². The third-order valence-corrected chi connectivity index (χ3v) is 3.72. The number of nitrogens with one attached hydrogen (secondary N) is 1. The maximum atomic E-state index is 11.9. The van der Waals surface area contributed by atoms with Crippen molar-refractivity contribution in [2.24, 2.45) is 5.10 Å². The van der Waals surface area contributed by atoms with Gasteiger partial charge in [0.1, 0.15) is 5.75 Å². The molecule has 0 aliphatic heterocycles. The maximum absolute atomic E-state index is 11.9. The van der Waals surface area contributed by atoms with Gasteiger partial charge in [0.2, 0.25) is 0 Å². The van der Waals surface area contributed by atoms with Gasteiger partial charge >= 0.3 is 0 Å². The summed E-state index contributed by atoms with van der Waals surface area (Å²) in [6.07, 6.45) is 1.68. The quantitative estimate of drug-likeness (QED) is 0.548. The van der Waals surface area contributed by atoms with Crippen molar-refractivity contribution in [1.82, 2.24) is 10.4 Å². The highest BCUT2D eigenvalue weighted by molar-refractivity contribution is 5.97. The third-order valence-electron chi connectivity index (χ3n) is 3.72. The summed E-state index contributed by atoms with van der Waals surface area (Å²) in [4.78, 5) is 16.0. The highest BCUT2D eigenvalue weighted by Gasteiger charge is 2.04. The van der Waals surface area contributed by atoms with Crippen LogP contribution in [0, 0.1) is 0 Å². The average Bonchev–Trinajstić information content (AvgIpc) is 2.72. The molecule has 130 valence electrons. The fourth-order valence-electron chi connectivity index (χ4n) is 2.34. The minimum absolute atomic E-state index is 0.107. The van der Waals surface area contributed by atoms with E-state index in [1.54, 1.807) is 13.1 Å². The van der Waals surface area contributed by atoms with E-state index in [2.05, 4.69) is 15.5 Å². The number of aromatic nitrogens is 1. The lowest BCUT2D eigenvalue weighted by Gasteiger charge is -2.07. The van der Waals surface area contributed by atoms with Crippen molar-refractivity contribution in [2.45, 2.75) is 6.92 Å². The first kappa shape index (κ1) is 17.4. The van der Waals surface area contributed by atoms with E-state index in [0.717, 1.165) is 11.1 Å². The van der Waals surface area contributed by atoms with Crippen molar-refractivity contribution in [2.75, 3.05) is 6.61 Å². The molecule has 0 unspecified atom stereocenters. The number of pyridine rings is 1. The highest BCUT2D eigenvalue weighted by Crippen LogP contribution is 2.21. The molecule has 3 aromatic rings. The molecule has 3 rings (SSSR count). The van der Waals surface area contributed by atoms with E-state index in [0.29, 0.717) is 17.2 Å². The van der Waals surface area contributed by atoms with Gasteiger partial charge < -0.3 is 4.74 Å². The van der Waals surface area contributed by atoms with Crippen LogP contribution in [0.3, 0.4) is 0 Å². The van der Waals surface area contributed by atoms with Gasteiger partial charge in [-0.05, 0) is 42.3 Å². The largest absolute Gasteiger partial charge is 0.484 e. The molecule has 0 spiro atoms. The number of benzene rings is 2. The molecule has 26 heavy (non-hydrogen) atoms. The molecule has 0 bridgehead atoms. The Morgan fingerprint density at radius 3 is 2.35 bits per heavy atom. The van der Waals surface area contributed by atoms with Crippen molar-refractivity contribution in [3.8, 4) is 16.9 Å². The Labute approximate surface area is 152 Å². The summed E-state index contributed by atoms with van der Waals surface area (Å²) in [7, 11) is 0. The molecule has 0 aliphatic rings. The first-order valence-electron chi connectivity index (χ1n) is 8.25. The molecule has 0 fully saturated rings. The summed E-state index contributed by atoms with van der Waals surface area (Å²) in [5.41, 5.74) is 6.05. The summed E-state index contributed by atoms with van der Waals surface area (Å²) in [6.45, 7) is 1.68. The lowest BCUT2D eigenvalue weighted by Crippen LogP contribution is -2.25. The second-order valence-electron chi connectivity index (χ2n) is 5.63. The molecule has 2 aromatic carbocycles. The predicted molar refractivity (Wildman–Crippen MR) is 102 cm³/mol. The summed E-state index contributed by atoms with van der Waals surface area (Å²) >= 11 is 0. The number of carbonyl (C=O) groups excluding carboxylic acids is 1. The Hall–Kier alpha value is -3.47. The van der Waals surface area contributed by atoms with E-state index in [1.165, 1.54) is 0 Å². The number of amides is 1. The van der Waals surface area contributed by atoms with Crippen LogP contribution in [-0.4, -0.2) is 23.2 Å². The molecule has 1 aromatic heterocycles. The van der Waals surface area contributed by atoms with Gasteiger partial charge in [-0.2, -0.15) is 5.10 Å². The van der Waals surface area contributed by atoms with E-state index in [-0.39, 0.29) is 12.5 Å². The number of hydrazone groups is 1. The zero-order valence-corrected chi connectivity index (χ0v) is 14.4. The van der Waals surface area contributed by atoms with Gasteiger partial charge in [0.15, 0.2) is 6.61 Å². The average molecular weight is 345 g/mol. The smallest absolute Gasteiger partial charge is 0.277 e. The summed E-state index contributed by atoms with van der Waals surface area (Å²) in [6, 6.07) is 23.2. The zero-order chi connectivity index (χ0) is 18.2. The van der Waals surface area contributed by atoms with Gasteiger partial charge in [0, 0.05) is 6.20 Å². The Kier molecular flexibility index (Phi) is 5.72. The van der Waals surface area contributed by atoms with Crippen LogP contribution in [0.15, 0.2) is 84.1 Å². The predicted octanol–water partition coefficient (Wildman–Crippen LogP) is 3.67. The van der Waals surface area contributed by atoms with Gasteiger partial charge in [-0.25, -0.2) is 5.43 Å². The van der Waals surface area contributed by atoms with Crippen LogP contribution in [0.5, 0.6) is 5.75 Å². The second kappa shape index (κ2) is 8.58. The Morgan fingerprint density at radius 1 is 0.962 bits per heavy atom. The number of hydrogen-bond acceptors (Lipinski definition) is 4. The zero-order valence-electron chi connectivity index (χ0n) is 14.4. The van der Waals surface area contributed by atoms with Gasteiger partial charge in [-0.1, -0.05) is 48.5 Å². The van der Waals surface area contributed by atoms with E-state index in [4.69, 9.17) is 4.74 Å². The third kappa shape index (κ3) is 4.77. The van der Waals surface area contributed by atoms with Crippen molar-refractivity contribution in [3.63, 3.8) is 0 Å². The van der Waals surface area contributed by atoms with E-state index < -0.39 is 0 Å². The van der Waals surface area contributed by atoms with Crippen molar-refractivity contribution < 1.29 is 9.53 Å². The molecule has 5 heteroatoms. The number of nitrogens with zero attached hydrogens (tertiary/aromatic N) is 2. The number of hydrogen-bond donors (Lipinski definition) is 1. The maximum Gasteiger partial charge on any atom is 0.277 e. The summed E-state index contributed by atoms with van der Waals surface area (Å²) in [5.74, 6) is 0.303. The van der Waals surface area contributed by atoms with Crippen LogP contribution in [0.1, 0.15) is 12.6 Å². The van der Waals surface area contributed by atoms with E-state index in [1.807, 2.05) is 72.8 Å². The SMILES string of the molecule is C/C(=N/NC(=O)COc1ccc(-c2ccccc2)cc1)c1ccccn1. The highest BCUT2D eigenvalue weighted by atomic mass is 16.5. The Morgan fingerprint density at radius 2 is 1.65 bits per heavy atom. The Balaban J connectivity index is 1.52. The molecule has 0 aliphatic carbocycles. The van der Waals surface area contributed by atoms with Crippen LogP contribution >= 0.6 is 0 Å². The standard InChI is InChI=1S/C21H19N3O2/c1-16(20-9-5-6-14-22-20)23-24-21(25)15-26-19-12-10-18(11-13-19)17-7-3-2-4-8-17/h2-14H,15H2,1H3,(H,24,25)/b23-16-. The molecule has 5 nitrogen and oxygen atoms in total. The molecule has 1 amide bonds. The second-order valence-corrected chi connectivity index (χ2v) is 5.63. The monoisotopic (exact) mass is 345 g/mol. The van der Waals surface area contributed by atoms with Crippen molar-refractivity contribution >= 4 is 11.6 Å². The van der Waals surface area contributed by atoms with Crippen LogP contribution < -0.4 is 10.2 Å². The van der Waals surface area contributed by atoms with Crippen LogP contribution in [-0.2, 0) is 4.79 Å². The Bertz CT molecular complexity index is 876.